The molecule has 4 aromatic rings. The van der Waals surface area contributed by atoms with Crippen LogP contribution in [-0.2, 0) is 12.8 Å². The first kappa shape index (κ1) is 24.9. The van der Waals surface area contributed by atoms with Gasteiger partial charge in [0, 0.05) is 46.5 Å². The fraction of sp³-hybridized carbons (Fsp3) is 0.258. The minimum absolute atomic E-state index is 0.150. The number of aromatic nitrogens is 5. The van der Waals surface area contributed by atoms with Crippen molar-refractivity contribution < 1.29 is 4.39 Å². The molecule has 0 bridgehead atoms. The number of hydrogen-bond acceptors (Lipinski definition) is 5. The fourth-order valence-corrected chi connectivity index (χ4v) is 7.01. The van der Waals surface area contributed by atoms with Crippen molar-refractivity contribution in [3.8, 4) is 16.9 Å². The molecule has 3 atom stereocenters. The second-order valence-corrected chi connectivity index (χ2v) is 12.1. The Hall–Kier alpha value is -3.88. The Morgan fingerprint density at radius 1 is 1.05 bits per heavy atom. The van der Waals surface area contributed by atoms with Gasteiger partial charge in [0.2, 0.25) is 0 Å². The van der Waals surface area contributed by atoms with Gasteiger partial charge in [-0.15, -0.1) is 5.10 Å². The van der Waals surface area contributed by atoms with E-state index in [2.05, 4.69) is 16.9 Å². The smallest absolute Gasteiger partial charge is 0.254 e. The van der Waals surface area contributed by atoms with E-state index in [9.17, 15) is 4.79 Å². The minimum atomic E-state index is -0.185. The number of aliphatic imine (C=N–C) groups is 1. The molecule has 4 heterocycles. The number of rotatable bonds is 4. The zero-order valence-electron chi connectivity index (χ0n) is 21.8. The van der Waals surface area contributed by atoms with Crippen LogP contribution in [0.5, 0.6) is 0 Å². The van der Waals surface area contributed by atoms with Gasteiger partial charge in [0.05, 0.1) is 23.6 Å². The predicted molar refractivity (Wildman–Crippen MR) is 156 cm³/mol. The van der Waals surface area contributed by atoms with Gasteiger partial charge in [-0.2, -0.15) is 0 Å². The Kier molecular flexibility index (Phi) is 5.50. The van der Waals surface area contributed by atoms with Crippen molar-refractivity contribution in [2.24, 2.45) is 10.9 Å². The first-order chi connectivity index (χ1) is 19.9. The monoisotopic (exact) mass is 584 g/mol. The van der Waals surface area contributed by atoms with Gasteiger partial charge in [0.1, 0.15) is 11.6 Å². The minimum Gasteiger partial charge on any atom is -0.287 e. The van der Waals surface area contributed by atoms with Gasteiger partial charge in [-0.25, -0.2) is 14.1 Å². The lowest BCUT2D eigenvalue weighted by atomic mass is 9.85. The van der Waals surface area contributed by atoms with E-state index >= 15 is 4.39 Å². The zero-order valence-corrected chi connectivity index (χ0v) is 23.3. The van der Waals surface area contributed by atoms with Gasteiger partial charge in [0.15, 0.2) is 5.15 Å². The summed E-state index contributed by atoms with van der Waals surface area (Å²) < 4.78 is 18.9. The van der Waals surface area contributed by atoms with Crippen LogP contribution >= 0.6 is 23.2 Å². The summed E-state index contributed by atoms with van der Waals surface area (Å²) in [6, 6.07) is 10.5. The third kappa shape index (κ3) is 3.95. The Bertz CT molecular complexity index is 1940. The third-order valence-electron chi connectivity index (χ3n) is 8.74. The Labute approximate surface area is 244 Å². The molecule has 0 saturated heterocycles. The van der Waals surface area contributed by atoms with Crippen molar-refractivity contribution in [2.75, 3.05) is 0 Å². The van der Waals surface area contributed by atoms with Crippen LogP contribution in [0.25, 0.3) is 22.5 Å². The molecular formula is C31H23Cl2FN6O. The van der Waals surface area contributed by atoms with Gasteiger partial charge in [-0.05, 0) is 66.5 Å². The van der Waals surface area contributed by atoms with Crippen molar-refractivity contribution in [3.05, 3.63) is 110 Å². The highest BCUT2D eigenvalue weighted by Crippen LogP contribution is 2.59. The van der Waals surface area contributed by atoms with Crippen molar-refractivity contribution >= 4 is 34.5 Å². The quantitative estimate of drug-likeness (QED) is 0.256. The third-order valence-corrected chi connectivity index (χ3v) is 9.14. The molecule has 1 fully saturated rings. The summed E-state index contributed by atoms with van der Waals surface area (Å²) in [4.78, 5) is 23.4. The number of benzene rings is 2. The van der Waals surface area contributed by atoms with Crippen LogP contribution in [0.15, 0.2) is 70.7 Å². The molecule has 0 N–H and O–H groups in total. The van der Waals surface area contributed by atoms with E-state index in [1.165, 1.54) is 6.07 Å². The Morgan fingerprint density at radius 3 is 2.76 bits per heavy atom. The molecule has 0 spiro atoms. The summed E-state index contributed by atoms with van der Waals surface area (Å²) >= 11 is 12.4. The van der Waals surface area contributed by atoms with Crippen LogP contribution in [0.1, 0.15) is 53.7 Å². The molecule has 10 heteroatoms. The van der Waals surface area contributed by atoms with E-state index < -0.39 is 0 Å². The van der Waals surface area contributed by atoms with Crippen molar-refractivity contribution in [1.29, 1.82) is 0 Å². The first-order valence-corrected chi connectivity index (χ1v) is 14.4. The average Bonchev–Trinajstić information content (AvgIpc) is 3.24. The largest absolute Gasteiger partial charge is 0.287 e. The number of halogens is 3. The van der Waals surface area contributed by atoms with Crippen LogP contribution in [0.4, 0.5) is 4.39 Å². The molecule has 4 aliphatic rings. The molecule has 8 rings (SSSR count). The van der Waals surface area contributed by atoms with Crippen LogP contribution < -0.4 is 5.56 Å². The maximum atomic E-state index is 15.6. The molecule has 7 nitrogen and oxygen atoms in total. The molecule has 1 saturated carbocycles. The second kappa shape index (κ2) is 9.06. The van der Waals surface area contributed by atoms with Crippen LogP contribution in [-0.4, -0.2) is 30.3 Å². The lowest BCUT2D eigenvalue weighted by Crippen LogP contribution is -2.30. The van der Waals surface area contributed by atoms with E-state index in [1.54, 1.807) is 39.8 Å². The summed E-state index contributed by atoms with van der Waals surface area (Å²) in [7, 11) is 0. The molecule has 2 aromatic heterocycles. The Morgan fingerprint density at radius 2 is 1.93 bits per heavy atom. The molecule has 2 aromatic carbocycles. The number of hydrogen-bond donors (Lipinski definition) is 0. The van der Waals surface area contributed by atoms with Crippen molar-refractivity contribution in [2.45, 2.75) is 44.1 Å². The standard InChI is InChI=1S/C31H23Cl2FN6O/c1-15-2-5-19-16(8-15)3-6-20(29(19)34)17-9-25(35-13-17)30-21-11-22(21)31-36-24(12-28(41)40(30)31)23-10-18(32)4-7-26(23)39-14-27(33)37-38-39/h3-4,6-7,10,12-14,21-22,30H,1-2,5,8-9,11H2. The normalized spacial score (nSPS) is 22.2. The van der Waals surface area contributed by atoms with Gasteiger partial charge < -0.3 is 0 Å². The van der Waals surface area contributed by atoms with E-state index in [0.29, 0.717) is 40.4 Å². The molecule has 41 heavy (non-hydrogen) atoms. The van der Waals surface area contributed by atoms with E-state index in [0.717, 1.165) is 53.1 Å². The highest BCUT2D eigenvalue weighted by atomic mass is 35.5. The van der Waals surface area contributed by atoms with Gasteiger partial charge in [-0.3, -0.25) is 14.4 Å². The highest BCUT2D eigenvalue weighted by molar-refractivity contribution is 6.31. The molecule has 3 unspecified atom stereocenters. The van der Waals surface area contributed by atoms with Gasteiger partial charge >= 0.3 is 0 Å². The average molecular weight is 585 g/mol. The van der Waals surface area contributed by atoms with Crippen LogP contribution in [0, 0.1) is 11.7 Å². The van der Waals surface area contributed by atoms with Crippen LogP contribution in [0.3, 0.4) is 0 Å². The topological polar surface area (TPSA) is 78.0 Å². The Balaban J connectivity index is 1.12. The van der Waals surface area contributed by atoms with Gasteiger partial charge in [0.25, 0.3) is 5.56 Å². The second-order valence-electron chi connectivity index (χ2n) is 11.2. The fourth-order valence-electron chi connectivity index (χ4n) is 6.71. The summed E-state index contributed by atoms with van der Waals surface area (Å²) in [5.41, 5.74) is 6.98. The van der Waals surface area contributed by atoms with Gasteiger partial charge in [-0.1, -0.05) is 52.7 Å². The van der Waals surface area contributed by atoms with Crippen molar-refractivity contribution in [3.63, 3.8) is 0 Å². The summed E-state index contributed by atoms with van der Waals surface area (Å²) in [5.74, 6) is 1.03. The lowest BCUT2D eigenvalue weighted by molar-refractivity contribution is 0.576. The maximum absolute atomic E-state index is 15.6. The summed E-state index contributed by atoms with van der Waals surface area (Å²) in [5, 5.41) is 8.71. The maximum Gasteiger partial charge on any atom is 0.254 e. The van der Waals surface area contributed by atoms with E-state index in [-0.39, 0.29) is 34.4 Å². The molecule has 204 valence electrons. The number of allylic oxidation sites excluding steroid dienone is 2. The highest BCUT2D eigenvalue weighted by Gasteiger charge is 2.55. The van der Waals surface area contributed by atoms with Crippen LogP contribution in [0.2, 0.25) is 10.2 Å². The summed E-state index contributed by atoms with van der Waals surface area (Å²) in [6.45, 7) is 4.08. The molecule has 0 radical (unpaired) electrons. The molecular weight excluding hydrogens is 562 g/mol. The molecule has 2 aliphatic carbocycles. The first-order valence-electron chi connectivity index (χ1n) is 13.6. The number of nitrogens with zero attached hydrogens (tertiary/aromatic N) is 6. The van der Waals surface area contributed by atoms with Crippen molar-refractivity contribution in [1.82, 2.24) is 24.5 Å². The predicted octanol–water partition coefficient (Wildman–Crippen LogP) is 6.53. The lowest BCUT2D eigenvalue weighted by Gasteiger charge is -2.21. The SMILES string of the molecule is C=C1CCc2c(ccc(C3=CN=C(C4C5CC5c5nc(-c6cc(Cl)ccc6-n6cc(Cl)nn6)cc(=O)n54)C3)c2F)C1. The number of fused-ring (bicyclic) bond motifs is 4. The molecule has 0 amide bonds. The zero-order chi connectivity index (χ0) is 28.0. The molecule has 2 aliphatic heterocycles. The van der Waals surface area contributed by atoms with E-state index in [4.69, 9.17) is 33.2 Å². The van der Waals surface area contributed by atoms with E-state index in [1.807, 2.05) is 12.1 Å². The summed E-state index contributed by atoms with van der Waals surface area (Å²) in [6.07, 6.45) is 7.03.